The first-order valence-electron chi connectivity index (χ1n) is 11.9. The zero-order valence-electron chi connectivity index (χ0n) is 21.2. The molecular weight excluding hydrogens is 526 g/mol. The minimum atomic E-state index is -3.83. The molecule has 9 nitrogen and oxygen atoms in total. The molecule has 198 valence electrons. The third-order valence-electron chi connectivity index (χ3n) is 5.70. The lowest BCUT2D eigenvalue weighted by Gasteiger charge is -2.22. The van der Waals surface area contributed by atoms with Crippen molar-refractivity contribution in [2.24, 2.45) is 4.99 Å². The van der Waals surface area contributed by atoms with Crippen LogP contribution in [0.3, 0.4) is 0 Å². The smallest absolute Gasteiger partial charge is 0.325 e. The average molecular weight is 554 g/mol. The second-order valence-corrected chi connectivity index (χ2v) is 10.9. The number of benzene rings is 3. The Morgan fingerprint density at radius 3 is 2.32 bits per heavy atom. The van der Waals surface area contributed by atoms with Crippen molar-refractivity contribution in [3.8, 4) is 5.75 Å². The van der Waals surface area contributed by atoms with Crippen molar-refractivity contribution in [1.82, 2.24) is 4.57 Å². The highest BCUT2D eigenvalue weighted by atomic mass is 32.2. The van der Waals surface area contributed by atoms with Gasteiger partial charge < -0.3 is 14.0 Å². The number of methoxy groups -OCH3 is 1. The number of rotatable bonds is 9. The summed E-state index contributed by atoms with van der Waals surface area (Å²) < 4.78 is 40.8. The summed E-state index contributed by atoms with van der Waals surface area (Å²) in [4.78, 5) is 29.9. The summed E-state index contributed by atoms with van der Waals surface area (Å²) in [7, 11) is -2.54. The number of para-hydroxylation sites is 2. The van der Waals surface area contributed by atoms with Crippen LogP contribution in [0.1, 0.15) is 24.2 Å². The van der Waals surface area contributed by atoms with Crippen LogP contribution in [-0.2, 0) is 26.1 Å². The van der Waals surface area contributed by atoms with Gasteiger partial charge in [0.2, 0.25) is 0 Å². The Morgan fingerprint density at radius 2 is 1.68 bits per heavy atom. The van der Waals surface area contributed by atoms with Crippen LogP contribution in [-0.4, -0.2) is 45.1 Å². The molecule has 38 heavy (non-hydrogen) atoms. The number of hydrogen-bond acceptors (Lipinski definition) is 7. The van der Waals surface area contributed by atoms with Crippen molar-refractivity contribution in [1.29, 1.82) is 0 Å². The maximum absolute atomic E-state index is 13.3. The topological polar surface area (TPSA) is 107 Å². The van der Waals surface area contributed by atoms with E-state index in [1.54, 1.807) is 41.8 Å². The molecule has 0 radical (unpaired) electrons. The fourth-order valence-electron chi connectivity index (χ4n) is 3.93. The standard InChI is InChI=1S/C27H27N3O6S2/c1-4-30(20-10-7-6-8-11-20)38(33,34)21-16-14-19(15-17-21)26(32)28-27-29(18-24(31)35-3)25-22(36-5-2)12-9-13-23(25)37-27/h6-17H,4-5,18H2,1-3H3. The highest BCUT2D eigenvalue weighted by molar-refractivity contribution is 7.92. The van der Waals surface area contributed by atoms with Crippen LogP contribution in [0.2, 0.25) is 0 Å². The minimum Gasteiger partial charge on any atom is -0.492 e. The van der Waals surface area contributed by atoms with Gasteiger partial charge in [-0.25, -0.2) is 8.42 Å². The van der Waals surface area contributed by atoms with E-state index in [-0.39, 0.29) is 23.5 Å². The number of nitrogens with zero attached hydrogens (tertiary/aromatic N) is 3. The Bertz CT molecular complexity index is 1630. The third kappa shape index (κ3) is 5.48. The zero-order chi connectivity index (χ0) is 27.3. The van der Waals surface area contributed by atoms with Gasteiger partial charge in [0, 0.05) is 12.1 Å². The van der Waals surface area contributed by atoms with Gasteiger partial charge in [-0.1, -0.05) is 35.6 Å². The Morgan fingerprint density at radius 1 is 0.974 bits per heavy atom. The largest absolute Gasteiger partial charge is 0.492 e. The number of carbonyl (C=O) groups is 2. The van der Waals surface area contributed by atoms with Gasteiger partial charge in [0.05, 0.1) is 29.0 Å². The first-order chi connectivity index (χ1) is 18.3. The molecule has 4 aromatic rings. The highest BCUT2D eigenvalue weighted by Gasteiger charge is 2.24. The van der Waals surface area contributed by atoms with E-state index in [0.717, 1.165) is 4.70 Å². The molecule has 0 spiro atoms. The number of hydrogen-bond donors (Lipinski definition) is 0. The average Bonchev–Trinajstić information content (AvgIpc) is 3.27. The number of esters is 1. The van der Waals surface area contributed by atoms with Crippen molar-refractivity contribution >= 4 is 49.1 Å². The summed E-state index contributed by atoms with van der Waals surface area (Å²) in [5.41, 5.74) is 1.40. The summed E-state index contributed by atoms with van der Waals surface area (Å²) in [5, 5.41) is 0. The van der Waals surface area contributed by atoms with Gasteiger partial charge >= 0.3 is 5.97 Å². The lowest BCUT2D eigenvalue weighted by atomic mass is 10.2. The molecule has 0 aliphatic carbocycles. The van der Waals surface area contributed by atoms with E-state index in [0.29, 0.717) is 28.4 Å². The van der Waals surface area contributed by atoms with Crippen LogP contribution < -0.4 is 13.8 Å². The lowest BCUT2D eigenvalue weighted by Crippen LogP contribution is -2.30. The van der Waals surface area contributed by atoms with E-state index >= 15 is 0 Å². The summed E-state index contributed by atoms with van der Waals surface area (Å²) in [6.07, 6.45) is 0. The monoisotopic (exact) mass is 553 g/mol. The molecule has 0 saturated carbocycles. The van der Waals surface area contributed by atoms with Gasteiger partial charge in [-0.15, -0.1) is 0 Å². The first-order valence-corrected chi connectivity index (χ1v) is 14.1. The number of ether oxygens (including phenoxy) is 2. The number of amides is 1. The normalized spacial score (nSPS) is 11.9. The summed E-state index contributed by atoms with van der Waals surface area (Å²) in [6, 6.07) is 19.9. The minimum absolute atomic E-state index is 0.0590. The van der Waals surface area contributed by atoms with Gasteiger partial charge in [0.15, 0.2) is 4.80 Å². The van der Waals surface area contributed by atoms with Crippen LogP contribution in [0.25, 0.3) is 10.2 Å². The summed E-state index contributed by atoms with van der Waals surface area (Å²) in [6.45, 7) is 4.13. The van der Waals surface area contributed by atoms with Crippen LogP contribution in [0.5, 0.6) is 5.75 Å². The van der Waals surface area contributed by atoms with Crippen molar-refractivity contribution in [2.45, 2.75) is 25.3 Å². The number of carbonyl (C=O) groups excluding carboxylic acids is 2. The van der Waals surface area contributed by atoms with Gasteiger partial charge in [-0.05, 0) is 62.4 Å². The number of sulfonamides is 1. The number of aromatic nitrogens is 1. The molecule has 0 N–H and O–H groups in total. The molecular formula is C27H27N3O6S2. The number of thiazole rings is 1. The predicted octanol–water partition coefficient (Wildman–Crippen LogP) is 4.23. The molecule has 3 aromatic carbocycles. The fraction of sp³-hybridized carbons (Fsp3) is 0.222. The molecule has 0 bridgehead atoms. The third-order valence-corrected chi connectivity index (χ3v) is 8.66. The zero-order valence-corrected chi connectivity index (χ0v) is 22.8. The molecule has 4 rings (SSSR count). The molecule has 11 heteroatoms. The fourth-order valence-corrected chi connectivity index (χ4v) is 6.45. The van der Waals surface area contributed by atoms with Crippen molar-refractivity contribution in [3.05, 3.63) is 83.2 Å². The molecule has 0 fully saturated rings. The second-order valence-electron chi connectivity index (χ2n) is 8.03. The van der Waals surface area contributed by atoms with Gasteiger partial charge in [0.25, 0.3) is 15.9 Å². The molecule has 0 aliphatic rings. The van der Waals surface area contributed by atoms with E-state index < -0.39 is 21.9 Å². The van der Waals surface area contributed by atoms with E-state index in [1.165, 1.54) is 47.0 Å². The molecule has 0 unspecified atom stereocenters. The number of fused-ring (bicyclic) bond motifs is 1. The van der Waals surface area contributed by atoms with E-state index in [4.69, 9.17) is 9.47 Å². The Labute approximate surface area is 224 Å². The van der Waals surface area contributed by atoms with Crippen LogP contribution >= 0.6 is 11.3 Å². The van der Waals surface area contributed by atoms with E-state index in [2.05, 4.69) is 4.99 Å². The Kier molecular flexibility index (Phi) is 8.28. The predicted molar refractivity (Wildman–Crippen MR) is 146 cm³/mol. The molecule has 1 aromatic heterocycles. The van der Waals surface area contributed by atoms with Gasteiger partial charge in [0.1, 0.15) is 17.8 Å². The Balaban J connectivity index is 1.71. The van der Waals surface area contributed by atoms with Gasteiger partial charge in [-0.3, -0.25) is 13.9 Å². The Hall–Kier alpha value is -3.96. The van der Waals surface area contributed by atoms with Crippen molar-refractivity contribution in [2.75, 3.05) is 24.6 Å². The summed E-state index contributed by atoms with van der Waals surface area (Å²) >= 11 is 1.24. The highest BCUT2D eigenvalue weighted by Crippen LogP contribution is 2.28. The van der Waals surface area contributed by atoms with Crippen LogP contribution in [0.15, 0.2) is 82.7 Å². The van der Waals surface area contributed by atoms with Crippen LogP contribution in [0.4, 0.5) is 5.69 Å². The second kappa shape index (κ2) is 11.6. The van der Waals surface area contributed by atoms with E-state index in [9.17, 15) is 18.0 Å². The maximum Gasteiger partial charge on any atom is 0.325 e. The van der Waals surface area contributed by atoms with Crippen molar-refractivity contribution in [3.63, 3.8) is 0 Å². The maximum atomic E-state index is 13.3. The molecule has 1 heterocycles. The van der Waals surface area contributed by atoms with Crippen LogP contribution in [0, 0.1) is 0 Å². The lowest BCUT2D eigenvalue weighted by molar-refractivity contribution is -0.141. The SMILES string of the molecule is CCOc1cccc2sc(=NC(=O)c3ccc(S(=O)(=O)N(CC)c4ccccc4)cc3)n(CC(=O)OC)c12. The molecule has 0 saturated heterocycles. The van der Waals surface area contributed by atoms with E-state index in [1.807, 2.05) is 25.1 Å². The quantitative estimate of drug-likeness (QED) is 0.287. The molecule has 0 aliphatic heterocycles. The molecule has 0 atom stereocenters. The van der Waals surface area contributed by atoms with Gasteiger partial charge in [-0.2, -0.15) is 4.99 Å². The summed E-state index contributed by atoms with van der Waals surface area (Å²) in [5.74, 6) is -0.515. The number of anilines is 1. The first kappa shape index (κ1) is 27.1. The molecule has 1 amide bonds. The van der Waals surface area contributed by atoms with Crippen molar-refractivity contribution < 1.29 is 27.5 Å².